The second-order valence-corrected chi connectivity index (χ2v) is 9.56. The molecule has 32 heavy (non-hydrogen) atoms. The van der Waals surface area contributed by atoms with E-state index in [1.165, 1.54) is 35.3 Å². The molecule has 3 aromatic heterocycles. The summed E-state index contributed by atoms with van der Waals surface area (Å²) in [4.78, 5) is 28.0. The maximum absolute atomic E-state index is 14.3. The number of aryl methyl sites for hydroxylation is 2. The molecule has 1 amide bonds. The second kappa shape index (κ2) is 9.32. The van der Waals surface area contributed by atoms with Crippen LogP contribution in [0, 0.1) is 19.7 Å². The van der Waals surface area contributed by atoms with Gasteiger partial charge in [0, 0.05) is 23.5 Å². The Labute approximate surface area is 197 Å². The van der Waals surface area contributed by atoms with Crippen molar-refractivity contribution in [1.29, 1.82) is 0 Å². The van der Waals surface area contributed by atoms with E-state index < -0.39 is 5.82 Å². The Bertz CT molecular complexity index is 1270. The lowest BCUT2D eigenvalue weighted by molar-refractivity contribution is -0.116. The van der Waals surface area contributed by atoms with Crippen molar-refractivity contribution in [2.45, 2.75) is 27.3 Å². The maximum Gasteiger partial charge on any atom is 0.224 e. The van der Waals surface area contributed by atoms with E-state index in [4.69, 9.17) is 11.6 Å². The van der Waals surface area contributed by atoms with E-state index >= 15 is 0 Å². The first-order chi connectivity index (χ1) is 15.3. The molecule has 0 aliphatic heterocycles. The van der Waals surface area contributed by atoms with E-state index in [1.54, 1.807) is 29.7 Å². The van der Waals surface area contributed by atoms with Gasteiger partial charge in [-0.25, -0.2) is 19.3 Å². The van der Waals surface area contributed by atoms with Crippen molar-refractivity contribution in [3.8, 4) is 10.6 Å². The summed E-state index contributed by atoms with van der Waals surface area (Å²) in [5, 5.41) is 7.19. The van der Waals surface area contributed by atoms with Gasteiger partial charge in [-0.1, -0.05) is 17.7 Å². The number of halogens is 2. The minimum Gasteiger partial charge on any atom is -0.316 e. The van der Waals surface area contributed by atoms with Crippen LogP contribution in [-0.2, 0) is 11.3 Å². The zero-order valence-corrected chi connectivity index (χ0v) is 19.9. The summed E-state index contributed by atoms with van der Waals surface area (Å²) in [5.74, 6) is -0.207. The number of aromatic nitrogens is 3. The van der Waals surface area contributed by atoms with Gasteiger partial charge in [0.15, 0.2) is 5.13 Å². The Morgan fingerprint density at radius 1 is 1.22 bits per heavy atom. The normalized spacial score (nSPS) is 10.9. The first-order valence-electron chi connectivity index (χ1n) is 9.65. The molecule has 6 nitrogen and oxygen atoms in total. The smallest absolute Gasteiger partial charge is 0.224 e. The van der Waals surface area contributed by atoms with Gasteiger partial charge >= 0.3 is 0 Å². The van der Waals surface area contributed by atoms with Gasteiger partial charge in [0.2, 0.25) is 5.91 Å². The lowest BCUT2D eigenvalue weighted by Crippen LogP contribution is -2.28. The Balaban J connectivity index is 1.47. The third-order valence-electron chi connectivity index (χ3n) is 4.62. The van der Waals surface area contributed by atoms with Gasteiger partial charge in [-0.3, -0.25) is 4.79 Å². The van der Waals surface area contributed by atoms with Crippen molar-refractivity contribution in [2.75, 3.05) is 10.2 Å². The number of nitrogens with one attached hydrogen (secondary N) is 1. The molecule has 0 bridgehead atoms. The molecular formula is C22H19ClFN5OS2. The fourth-order valence-electron chi connectivity index (χ4n) is 3.15. The average Bonchev–Trinajstić information content (AvgIpc) is 3.33. The Morgan fingerprint density at radius 3 is 2.66 bits per heavy atom. The van der Waals surface area contributed by atoms with E-state index in [1.807, 2.05) is 25.3 Å². The van der Waals surface area contributed by atoms with Crippen molar-refractivity contribution in [2.24, 2.45) is 0 Å². The Morgan fingerprint density at radius 2 is 2.03 bits per heavy atom. The van der Waals surface area contributed by atoms with E-state index in [2.05, 4.69) is 20.3 Å². The fourth-order valence-corrected chi connectivity index (χ4v) is 4.98. The third kappa shape index (κ3) is 4.95. The highest BCUT2D eigenvalue weighted by molar-refractivity contribution is 7.16. The summed E-state index contributed by atoms with van der Waals surface area (Å²) < 4.78 is 14.3. The topological polar surface area (TPSA) is 71.0 Å². The number of carbonyl (C=O) groups is 1. The van der Waals surface area contributed by atoms with Crippen LogP contribution in [0.25, 0.3) is 10.6 Å². The minimum absolute atomic E-state index is 0.174. The Hall–Kier alpha value is -2.88. The van der Waals surface area contributed by atoms with Crippen LogP contribution in [0.1, 0.15) is 23.2 Å². The summed E-state index contributed by atoms with van der Waals surface area (Å²) in [6.45, 7) is 5.54. The summed E-state index contributed by atoms with van der Waals surface area (Å²) in [7, 11) is 0. The molecule has 1 aromatic carbocycles. The predicted molar refractivity (Wildman–Crippen MR) is 128 cm³/mol. The van der Waals surface area contributed by atoms with Crippen LogP contribution in [0.3, 0.4) is 0 Å². The van der Waals surface area contributed by atoms with Crippen LogP contribution in [0.15, 0.2) is 41.9 Å². The average molecular weight is 488 g/mol. The van der Waals surface area contributed by atoms with E-state index in [9.17, 15) is 9.18 Å². The van der Waals surface area contributed by atoms with Gasteiger partial charge in [0.05, 0.1) is 33.5 Å². The van der Waals surface area contributed by atoms with Crippen molar-refractivity contribution < 1.29 is 9.18 Å². The zero-order valence-electron chi connectivity index (χ0n) is 17.5. The van der Waals surface area contributed by atoms with E-state index in [0.29, 0.717) is 5.82 Å². The van der Waals surface area contributed by atoms with Gasteiger partial charge in [0.1, 0.15) is 11.6 Å². The molecule has 0 aliphatic rings. The van der Waals surface area contributed by atoms with Gasteiger partial charge in [-0.05, 0) is 43.7 Å². The van der Waals surface area contributed by atoms with Gasteiger partial charge in [-0.2, -0.15) is 0 Å². The van der Waals surface area contributed by atoms with Crippen molar-refractivity contribution in [3.63, 3.8) is 0 Å². The standard InChI is InChI=1S/C22H19ClFN5OS2/c1-12-21(32-13(2)26-12)18-11-31-22(27-18)28-20-7-4-15(9-25-20)10-29(14(3)30)19-6-5-16(23)8-17(19)24/h4-9,11H,10H2,1-3H3,(H,25,27,28). The molecule has 164 valence electrons. The SMILES string of the molecule is CC(=O)N(Cc1ccc(Nc2nc(-c3sc(C)nc3C)cs2)nc1)c1ccc(Cl)cc1F. The Kier molecular flexibility index (Phi) is 6.50. The summed E-state index contributed by atoms with van der Waals surface area (Å²) in [6.07, 6.45) is 1.65. The summed E-state index contributed by atoms with van der Waals surface area (Å²) >= 11 is 8.93. The fraction of sp³-hybridized carbons (Fsp3) is 0.182. The molecule has 0 radical (unpaired) electrons. The number of anilines is 3. The van der Waals surface area contributed by atoms with Crippen LogP contribution < -0.4 is 10.2 Å². The molecule has 0 aliphatic carbocycles. The molecule has 0 atom stereocenters. The van der Waals surface area contributed by atoms with Crippen molar-refractivity contribution in [1.82, 2.24) is 15.0 Å². The molecule has 0 fully saturated rings. The molecule has 4 aromatic rings. The monoisotopic (exact) mass is 487 g/mol. The van der Waals surface area contributed by atoms with Crippen LogP contribution in [0.2, 0.25) is 5.02 Å². The number of benzene rings is 1. The molecule has 0 spiro atoms. The highest BCUT2D eigenvalue weighted by Crippen LogP contribution is 2.33. The number of thiazole rings is 2. The molecule has 4 rings (SSSR count). The second-order valence-electron chi connectivity index (χ2n) is 7.06. The number of amides is 1. The minimum atomic E-state index is -0.551. The van der Waals surface area contributed by atoms with Crippen LogP contribution >= 0.6 is 34.3 Å². The van der Waals surface area contributed by atoms with Crippen LogP contribution in [0.4, 0.5) is 21.0 Å². The van der Waals surface area contributed by atoms with Crippen molar-refractivity contribution in [3.05, 3.63) is 69.0 Å². The van der Waals surface area contributed by atoms with E-state index in [-0.39, 0.29) is 23.2 Å². The lowest BCUT2D eigenvalue weighted by Gasteiger charge is -2.22. The number of rotatable bonds is 6. The third-order valence-corrected chi connectivity index (χ3v) is 6.71. The van der Waals surface area contributed by atoms with Crippen molar-refractivity contribution >= 4 is 56.8 Å². The molecule has 0 saturated heterocycles. The summed E-state index contributed by atoms with van der Waals surface area (Å²) in [5.41, 5.74) is 2.79. The maximum atomic E-state index is 14.3. The highest BCUT2D eigenvalue weighted by Gasteiger charge is 2.17. The number of nitrogens with zero attached hydrogens (tertiary/aromatic N) is 4. The van der Waals surface area contributed by atoms with Gasteiger partial charge in [0.25, 0.3) is 0 Å². The van der Waals surface area contributed by atoms with E-state index in [0.717, 1.165) is 32.0 Å². The molecule has 0 saturated carbocycles. The molecule has 0 unspecified atom stereocenters. The number of hydrogen-bond donors (Lipinski definition) is 1. The number of carbonyl (C=O) groups excluding carboxylic acids is 1. The molecule has 10 heteroatoms. The quantitative estimate of drug-likeness (QED) is 0.342. The van der Waals surface area contributed by atoms with Gasteiger partial charge in [-0.15, -0.1) is 22.7 Å². The predicted octanol–water partition coefficient (Wildman–Crippen LogP) is 6.37. The number of hydrogen-bond acceptors (Lipinski definition) is 7. The molecule has 1 N–H and O–H groups in total. The number of pyridine rings is 1. The molecule has 3 heterocycles. The molecular weight excluding hydrogens is 469 g/mol. The first kappa shape index (κ1) is 22.3. The van der Waals surface area contributed by atoms with Crippen LogP contribution in [0.5, 0.6) is 0 Å². The summed E-state index contributed by atoms with van der Waals surface area (Å²) in [6, 6.07) is 7.88. The zero-order chi connectivity index (χ0) is 22.8. The van der Waals surface area contributed by atoms with Gasteiger partial charge < -0.3 is 10.2 Å². The lowest BCUT2D eigenvalue weighted by atomic mass is 10.2. The first-order valence-corrected chi connectivity index (χ1v) is 11.7. The van der Waals surface area contributed by atoms with Crippen LogP contribution in [-0.4, -0.2) is 20.9 Å². The largest absolute Gasteiger partial charge is 0.316 e. The highest BCUT2D eigenvalue weighted by atomic mass is 35.5.